The van der Waals surface area contributed by atoms with Crippen LogP contribution in [0.25, 0.3) is 0 Å². The first-order valence-electron chi connectivity index (χ1n) is 5.11. The predicted molar refractivity (Wildman–Crippen MR) is 60.1 cm³/mol. The second-order valence-electron chi connectivity index (χ2n) is 3.43. The SMILES string of the molecule is Cc1nc(C(C)NCCOCC(F)F)cs1. The smallest absolute Gasteiger partial charge is 0.261 e. The first kappa shape index (κ1) is 13.5. The van der Waals surface area contributed by atoms with Crippen molar-refractivity contribution >= 4 is 11.3 Å². The highest BCUT2D eigenvalue weighted by Crippen LogP contribution is 2.15. The van der Waals surface area contributed by atoms with Crippen LogP contribution in [-0.2, 0) is 4.74 Å². The normalized spacial score (nSPS) is 13.3. The number of thiazole rings is 1. The van der Waals surface area contributed by atoms with Crippen LogP contribution in [0, 0.1) is 6.92 Å². The fraction of sp³-hybridized carbons (Fsp3) is 0.700. The van der Waals surface area contributed by atoms with Gasteiger partial charge in [0, 0.05) is 18.0 Å². The van der Waals surface area contributed by atoms with Gasteiger partial charge in [-0.25, -0.2) is 13.8 Å². The molecule has 0 radical (unpaired) electrons. The van der Waals surface area contributed by atoms with Crippen LogP contribution in [0.1, 0.15) is 23.7 Å². The fourth-order valence-corrected chi connectivity index (χ4v) is 1.91. The molecule has 0 aliphatic rings. The van der Waals surface area contributed by atoms with Crippen LogP contribution in [0.3, 0.4) is 0 Å². The Labute approximate surface area is 97.8 Å². The lowest BCUT2D eigenvalue weighted by Crippen LogP contribution is -2.24. The summed E-state index contributed by atoms with van der Waals surface area (Å²) in [4.78, 5) is 4.33. The lowest BCUT2D eigenvalue weighted by Gasteiger charge is -2.11. The highest BCUT2D eigenvalue weighted by Gasteiger charge is 2.07. The maximum absolute atomic E-state index is 11.7. The molecule has 1 unspecified atom stereocenters. The molecule has 0 bridgehead atoms. The molecule has 0 fully saturated rings. The Morgan fingerprint density at radius 1 is 1.56 bits per heavy atom. The zero-order valence-corrected chi connectivity index (χ0v) is 10.2. The van der Waals surface area contributed by atoms with Crippen LogP contribution < -0.4 is 5.32 Å². The largest absolute Gasteiger partial charge is 0.374 e. The molecule has 92 valence electrons. The van der Waals surface area contributed by atoms with Crippen molar-refractivity contribution in [2.45, 2.75) is 26.3 Å². The Morgan fingerprint density at radius 2 is 2.31 bits per heavy atom. The molecular formula is C10H16F2N2OS. The minimum Gasteiger partial charge on any atom is -0.374 e. The van der Waals surface area contributed by atoms with E-state index in [-0.39, 0.29) is 12.6 Å². The van der Waals surface area contributed by atoms with E-state index in [1.54, 1.807) is 11.3 Å². The maximum Gasteiger partial charge on any atom is 0.261 e. The van der Waals surface area contributed by atoms with E-state index in [4.69, 9.17) is 4.74 Å². The number of alkyl halides is 2. The first-order chi connectivity index (χ1) is 7.59. The monoisotopic (exact) mass is 250 g/mol. The van der Waals surface area contributed by atoms with Crippen LogP contribution in [0.15, 0.2) is 5.38 Å². The summed E-state index contributed by atoms with van der Waals surface area (Å²) in [5.74, 6) is 0. The number of hydrogen-bond acceptors (Lipinski definition) is 4. The maximum atomic E-state index is 11.7. The molecule has 0 saturated carbocycles. The number of rotatable bonds is 7. The van der Waals surface area contributed by atoms with E-state index < -0.39 is 13.0 Å². The highest BCUT2D eigenvalue weighted by molar-refractivity contribution is 7.09. The first-order valence-corrected chi connectivity index (χ1v) is 5.99. The van der Waals surface area contributed by atoms with Crippen molar-refractivity contribution in [1.29, 1.82) is 0 Å². The highest BCUT2D eigenvalue weighted by atomic mass is 32.1. The summed E-state index contributed by atoms with van der Waals surface area (Å²) in [6, 6.07) is 0.125. The molecule has 1 N–H and O–H groups in total. The molecule has 1 atom stereocenters. The van der Waals surface area contributed by atoms with Gasteiger partial charge in [0.05, 0.1) is 17.3 Å². The molecule has 1 rings (SSSR count). The van der Waals surface area contributed by atoms with Crippen LogP contribution in [0.4, 0.5) is 8.78 Å². The number of nitrogens with zero attached hydrogens (tertiary/aromatic N) is 1. The molecule has 16 heavy (non-hydrogen) atoms. The number of halogens is 2. The zero-order chi connectivity index (χ0) is 12.0. The summed E-state index contributed by atoms with van der Waals surface area (Å²) in [7, 11) is 0. The molecule has 1 aromatic rings. The number of ether oxygens (including phenoxy) is 1. The average Bonchev–Trinajstić information content (AvgIpc) is 2.63. The number of hydrogen-bond donors (Lipinski definition) is 1. The lowest BCUT2D eigenvalue weighted by molar-refractivity contribution is 0.0183. The second kappa shape index (κ2) is 6.88. The van der Waals surface area contributed by atoms with Crippen LogP contribution >= 0.6 is 11.3 Å². The predicted octanol–water partition coefficient (Wildman–Crippen LogP) is 2.38. The fourth-order valence-electron chi connectivity index (χ4n) is 1.20. The Balaban J connectivity index is 2.13. The van der Waals surface area contributed by atoms with E-state index in [1.165, 1.54) is 0 Å². The molecule has 3 nitrogen and oxygen atoms in total. The van der Waals surface area contributed by atoms with Gasteiger partial charge < -0.3 is 10.1 Å². The molecule has 0 amide bonds. The second-order valence-corrected chi connectivity index (χ2v) is 4.50. The van der Waals surface area contributed by atoms with E-state index in [2.05, 4.69) is 10.3 Å². The van der Waals surface area contributed by atoms with Gasteiger partial charge in [0.1, 0.15) is 6.61 Å². The van der Waals surface area contributed by atoms with Crippen molar-refractivity contribution in [3.63, 3.8) is 0 Å². The molecular weight excluding hydrogens is 234 g/mol. The summed E-state index contributed by atoms with van der Waals surface area (Å²) in [5.41, 5.74) is 0.983. The molecule has 0 spiro atoms. The summed E-state index contributed by atoms with van der Waals surface area (Å²) < 4.78 is 28.2. The van der Waals surface area contributed by atoms with Gasteiger partial charge >= 0.3 is 0 Å². The summed E-state index contributed by atoms with van der Waals surface area (Å²) in [6.07, 6.45) is -2.39. The van der Waals surface area contributed by atoms with Crippen LogP contribution in [-0.4, -0.2) is 31.2 Å². The van der Waals surface area contributed by atoms with Crippen molar-refractivity contribution in [2.24, 2.45) is 0 Å². The van der Waals surface area contributed by atoms with Gasteiger partial charge in [-0.05, 0) is 13.8 Å². The van der Waals surface area contributed by atoms with Crippen molar-refractivity contribution < 1.29 is 13.5 Å². The molecule has 0 aliphatic heterocycles. The van der Waals surface area contributed by atoms with E-state index >= 15 is 0 Å². The van der Waals surface area contributed by atoms with Gasteiger partial charge in [0.2, 0.25) is 0 Å². The minimum absolute atomic E-state index is 0.125. The minimum atomic E-state index is -2.39. The molecule has 6 heteroatoms. The van der Waals surface area contributed by atoms with E-state index in [0.29, 0.717) is 6.54 Å². The number of aromatic nitrogens is 1. The number of nitrogens with one attached hydrogen (secondary N) is 1. The third-order valence-corrected chi connectivity index (χ3v) is 2.81. The molecule has 0 saturated heterocycles. The molecule has 1 heterocycles. The summed E-state index contributed by atoms with van der Waals surface area (Å²) in [5, 5.41) is 6.18. The zero-order valence-electron chi connectivity index (χ0n) is 9.37. The third-order valence-electron chi connectivity index (χ3n) is 2.02. The standard InChI is InChI=1S/C10H16F2N2OS/c1-7(9-6-16-8(2)14-9)13-3-4-15-5-10(11)12/h6-7,10,13H,3-5H2,1-2H3. The summed E-state index contributed by atoms with van der Waals surface area (Å²) in [6.45, 7) is 4.28. The average molecular weight is 250 g/mol. The lowest BCUT2D eigenvalue weighted by atomic mass is 10.2. The van der Waals surface area contributed by atoms with Gasteiger partial charge in [-0.2, -0.15) is 0 Å². The van der Waals surface area contributed by atoms with Crippen molar-refractivity contribution in [2.75, 3.05) is 19.8 Å². The van der Waals surface area contributed by atoms with Gasteiger partial charge in [-0.1, -0.05) is 0 Å². The Hall–Kier alpha value is -0.590. The summed E-state index contributed by atoms with van der Waals surface area (Å²) >= 11 is 1.60. The third kappa shape index (κ3) is 4.96. The van der Waals surface area contributed by atoms with Crippen LogP contribution in [0.5, 0.6) is 0 Å². The molecule has 0 aromatic carbocycles. The molecule has 0 aliphatic carbocycles. The topological polar surface area (TPSA) is 34.2 Å². The van der Waals surface area contributed by atoms with Gasteiger partial charge in [-0.3, -0.25) is 0 Å². The van der Waals surface area contributed by atoms with Gasteiger partial charge in [0.25, 0.3) is 6.43 Å². The van der Waals surface area contributed by atoms with Gasteiger partial charge in [0.15, 0.2) is 0 Å². The number of aryl methyl sites for hydroxylation is 1. The van der Waals surface area contributed by atoms with E-state index in [1.807, 2.05) is 19.2 Å². The Bertz CT molecular complexity index is 307. The van der Waals surface area contributed by atoms with Crippen LogP contribution in [0.2, 0.25) is 0 Å². The van der Waals surface area contributed by atoms with E-state index in [9.17, 15) is 8.78 Å². The quantitative estimate of drug-likeness (QED) is 0.754. The Kier molecular flexibility index (Phi) is 5.79. The molecule has 1 aromatic heterocycles. The van der Waals surface area contributed by atoms with Gasteiger partial charge in [-0.15, -0.1) is 11.3 Å². The van der Waals surface area contributed by atoms with E-state index in [0.717, 1.165) is 10.7 Å². The van der Waals surface area contributed by atoms with Crippen molar-refractivity contribution in [3.05, 3.63) is 16.1 Å². The van der Waals surface area contributed by atoms with Crippen molar-refractivity contribution in [1.82, 2.24) is 10.3 Å². The van der Waals surface area contributed by atoms with Crippen molar-refractivity contribution in [3.8, 4) is 0 Å². The Morgan fingerprint density at radius 3 is 2.88 bits per heavy atom.